The van der Waals surface area contributed by atoms with Gasteiger partial charge < -0.3 is 9.88 Å². The molecule has 0 spiro atoms. The maximum atomic E-state index is 12.9. The van der Waals surface area contributed by atoms with Crippen LogP contribution in [0.1, 0.15) is 18.3 Å². The molecule has 152 valence electrons. The van der Waals surface area contributed by atoms with E-state index in [0.717, 1.165) is 40.4 Å². The van der Waals surface area contributed by atoms with Crippen LogP contribution in [0, 0.1) is 6.92 Å². The number of benzene rings is 3. The second-order valence-electron chi connectivity index (χ2n) is 7.19. The summed E-state index contributed by atoms with van der Waals surface area (Å²) in [6.07, 6.45) is 0.893. The van der Waals surface area contributed by atoms with E-state index >= 15 is 0 Å². The lowest BCUT2D eigenvalue weighted by Crippen LogP contribution is -2.23. The van der Waals surface area contributed by atoms with Crippen molar-refractivity contribution in [2.24, 2.45) is 0 Å². The Morgan fingerprint density at radius 3 is 2.57 bits per heavy atom. The van der Waals surface area contributed by atoms with Crippen molar-refractivity contribution in [3.8, 4) is 0 Å². The van der Waals surface area contributed by atoms with E-state index in [1.165, 1.54) is 17.3 Å². The molecule has 3 aromatic carbocycles. The molecule has 0 aliphatic heterocycles. The number of amides is 1. The number of aryl methyl sites for hydroxylation is 2. The normalized spacial score (nSPS) is 12.1. The second kappa shape index (κ2) is 9.13. The molecular weight excluding hydrogens is 392 g/mol. The Labute approximate surface area is 180 Å². The molecule has 5 nitrogen and oxygen atoms in total. The Bertz CT molecular complexity index is 1150. The van der Waals surface area contributed by atoms with E-state index in [1.54, 1.807) is 0 Å². The van der Waals surface area contributed by atoms with Gasteiger partial charge in [0.25, 0.3) is 0 Å². The highest BCUT2D eigenvalue weighted by Gasteiger charge is 2.20. The molecule has 0 aliphatic carbocycles. The molecule has 1 amide bonds. The van der Waals surface area contributed by atoms with E-state index in [4.69, 9.17) is 0 Å². The molecule has 1 aromatic heterocycles. The largest absolute Gasteiger partial charge is 0.325 e. The zero-order valence-electron chi connectivity index (χ0n) is 17.1. The van der Waals surface area contributed by atoms with Gasteiger partial charge in [0.1, 0.15) is 5.82 Å². The Hall–Kier alpha value is -3.12. The highest BCUT2D eigenvalue weighted by Crippen LogP contribution is 2.26. The van der Waals surface area contributed by atoms with Crippen LogP contribution in [-0.2, 0) is 17.8 Å². The average molecular weight is 417 g/mol. The number of hydrogen-bond acceptors (Lipinski definition) is 4. The fourth-order valence-corrected chi connectivity index (χ4v) is 4.29. The number of hydrogen-bond donors (Lipinski definition) is 1. The number of fused-ring (bicyclic) bond motifs is 1. The topological polar surface area (TPSA) is 59.8 Å². The van der Waals surface area contributed by atoms with Crippen LogP contribution in [0.25, 0.3) is 10.8 Å². The lowest BCUT2D eigenvalue weighted by atomic mass is 10.1. The van der Waals surface area contributed by atoms with Crippen molar-refractivity contribution in [3.05, 3.63) is 84.2 Å². The SMILES string of the molecule is Cc1nnc(SC(C)C(=O)Nc2cccc3ccccc23)n1CCc1ccccc1. The van der Waals surface area contributed by atoms with Gasteiger partial charge in [-0.25, -0.2) is 0 Å². The lowest BCUT2D eigenvalue weighted by Gasteiger charge is -2.14. The van der Waals surface area contributed by atoms with E-state index in [-0.39, 0.29) is 11.2 Å². The standard InChI is InChI=1S/C24H24N4OS/c1-17(23(29)25-22-14-8-12-20-11-6-7-13-21(20)22)30-24-27-26-18(2)28(24)16-15-19-9-4-3-5-10-19/h3-14,17H,15-16H2,1-2H3,(H,25,29). The van der Waals surface area contributed by atoms with Crippen molar-refractivity contribution in [2.45, 2.75) is 37.2 Å². The van der Waals surface area contributed by atoms with Gasteiger partial charge in [-0.05, 0) is 37.3 Å². The van der Waals surface area contributed by atoms with Gasteiger partial charge >= 0.3 is 0 Å². The molecule has 1 heterocycles. The number of carbonyl (C=O) groups is 1. The zero-order chi connectivity index (χ0) is 20.9. The molecule has 0 fully saturated rings. The van der Waals surface area contributed by atoms with Gasteiger partial charge in [-0.15, -0.1) is 10.2 Å². The summed E-state index contributed by atoms with van der Waals surface area (Å²) in [6, 6.07) is 24.3. The number of anilines is 1. The van der Waals surface area contributed by atoms with Crippen LogP contribution < -0.4 is 5.32 Å². The number of thioether (sulfide) groups is 1. The third kappa shape index (κ3) is 4.54. The molecule has 0 saturated heterocycles. The second-order valence-corrected chi connectivity index (χ2v) is 8.50. The predicted octanol–water partition coefficient (Wildman–Crippen LogP) is 5.10. The van der Waals surface area contributed by atoms with Gasteiger partial charge in [0.2, 0.25) is 5.91 Å². The van der Waals surface area contributed by atoms with E-state index in [1.807, 2.05) is 74.5 Å². The van der Waals surface area contributed by atoms with Crippen molar-refractivity contribution in [1.29, 1.82) is 0 Å². The number of nitrogens with one attached hydrogen (secondary N) is 1. The van der Waals surface area contributed by atoms with Crippen LogP contribution in [0.15, 0.2) is 78.0 Å². The number of aromatic nitrogens is 3. The first-order valence-corrected chi connectivity index (χ1v) is 10.9. The van der Waals surface area contributed by atoms with Gasteiger partial charge in [0.05, 0.1) is 5.25 Å². The van der Waals surface area contributed by atoms with Crippen LogP contribution in [0.5, 0.6) is 0 Å². The number of carbonyl (C=O) groups excluding carboxylic acids is 1. The summed E-state index contributed by atoms with van der Waals surface area (Å²) in [5, 5.41) is 14.2. The van der Waals surface area contributed by atoms with Crippen LogP contribution in [0.3, 0.4) is 0 Å². The van der Waals surface area contributed by atoms with Crippen LogP contribution in [0.2, 0.25) is 0 Å². The Morgan fingerprint density at radius 1 is 1.00 bits per heavy atom. The summed E-state index contributed by atoms with van der Waals surface area (Å²) in [4.78, 5) is 12.9. The first-order valence-electron chi connectivity index (χ1n) is 10.0. The minimum atomic E-state index is -0.303. The van der Waals surface area contributed by atoms with Gasteiger partial charge in [-0.3, -0.25) is 4.79 Å². The average Bonchev–Trinajstić information content (AvgIpc) is 3.12. The van der Waals surface area contributed by atoms with Gasteiger partial charge in [-0.2, -0.15) is 0 Å². The summed E-state index contributed by atoms with van der Waals surface area (Å²) >= 11 is 1.44. The third-order valence-corrected chi connectivity index (χ3v) is 6.15. The van der Waals surface area contributed by atoms with Gasteiger partial charge in [0, 0.05) is 17.6 Å². The zero-order valence-corrected chi connectivity index (χ0v) is 17.9. The van der Waals surface area contributed by atoms with Crippen molar-refractivity contribution in [2.75, 3.05) is 5.32 Å². The quantitative estimate of drug-likeness (QED) is 0.426. The fourth-order valence-electron chi connectivity index (χ4n) is 3.37. The Kier molecular flexibility index (Phi) is 6.14. The third-order valence-electron chi connectivity index (χ3n) is 5.07. The molecule has 0 bridgehead atoms. The summed E-state index contributed by atoms with van der Waals surface area (Å²) in [7, 11) is 0. The molecule has 30 heavy (non-hydrogen) atoms. The molecule has 1 atom stereocenters. The monoisotopic (exact) mass is 416 g/mol. The molecule has 1 unspecified atom stereocenters. The van der Waals surface area contributed by atoms with Crippen molar-refractivity contribution >= 4 is 34.1 Å². The smallest absolute Gasteiger partial charge is 0.237 e. The molecule has 0 aliphatic rings. The lowest BCUT2D eigenvalue weighted by molar-refractivity contribution is -0.115. The molecule has 4 rings (SSSR count). The van der Waals surface area contributed by atoms with E-state index in [0.29, 0.717) is 0 Å². The summed E-state index contributed by atoms with van der Waals surface area (Å²) in [6.45, 7) is 4.63. The maximum Gasteiger partial charge on any atom is 0.237 e. The molecule has 0 radical (unpaired) electrons. The van der Waals surface area contributed by atoms with Gasteiger partial charge in [0.15, 0.2) is 5.16 Å². The number of rotatable bonds is 7. The molecule has 4 aromatic rings. The van der Waals surface area contributed by atoms with E-state index in [9.17, 15) is 4.79 Å². The first-order chi connectivity index (χ1) is 14.6. The van der Waals surface area contributed by atoms with E-state index < -0.39 is 0 Å². The van der Waals surface area contributed by atoms with E-state index in [2.05, 4.69) is 32.2 Å². The molecular formula is C24H24N4OS. The fraction of sp³-hybridized carbons (Fsp3) is 0.208. The minimum absolute atomic E-state index is 0.0494. The van der Waals surface area contributed by atoms with Gasteiger partial charge in [-0.1, -0.05) is 78.5 Å². The predicted molar refractivity (Wildman–Crippen MR) is 123 cm³/mol. The molecule has 6 heteroatoms. The summed E-state index contributed by atoms with van der Waals surface area (Å²) in [5.74, 6) is 0.807. The highest BCUT2D eigenvalue weighted by molar-refractivity contribution is 8.00. The maximum absolute atomic E-state index is 12.9. The van der Waals surface area contributed by atoms with Crippen molar-refractivity contribution in [3.63, 3.8) is 0 Å². The number of nitrogens with zero attached hydrogens (tertiary/aromatic N) is 3. The van der Waals surface area contributed by atoms with Crippen LogP contribution >= 0.6 is 11.8 Å². The minimum Gasteiger partial charge on any atom is -0.325 e. The first kappa shape index (κ1) is 20.2. The summed E-state index contributed by atoms with van der Waals surface area (Å²) in [5.41, 5.74) is 2.09. The van der Waals surface area contributed by atoms with Crippen LogP contribution in [0.4, 0.5) is 5.69 Å². The Morgan fingerprint density at radius 2 is 1.73 bits per heavy atom. The molecule has 0 saturated carbocycles. The Balaban J connectivity index is 1.44. The van der Waals surface area contributed by atoms with Crippen LogP contribution in [-0.4, -0.2) is 25.9 Å². The van der Waals surface area contributed by atoms with Crippen molar-refractivity contribution < 1.29 is 4.79 Å². The molecule has 1 N–H and O–H groups in total. The summed E-state index contributed by atoms with van der Waals surface area (Å²) < 4.78 is 2.08. The van der Waals surface area contributed by atoms with Crippen molar-refractivity contribution in [1.82, 2.24) is 14.8 Å². The highest BCUT2D eigenvalue weighted by atomic mass is 32.2.